The molecule has 0 spiro atoms. The summed E-state index contributed by atoms with van der Waals surface area (Å²) in [7, 11) is -0.472. The Bertz CT molecular complexity index is 787. The second-order valence-electron chi connectivity index (χ2n) is 4.81. The number of hydrogen-bond acceptors (Lipinski definition) is 3. The highest BCUT2D eigenvalue weighted by Gasteiger charge is 2.17. The lowest BCUT2D eigenvalue weighted by Crippen LogP contribution is -2.21. The van der Waals surface area contributed by atoms with Crippen molar-refractivity contribution in [2.24, 2.45) is 0 Å². The minimum absolute atomic E-state index is 0.00473. The average molecular weight is 339 g/mol. The molecule has 22 heavy (non-hydrogen) atoms. The number of anilines is 1. The number of nitrogens with one attached hydrogen (secondary N) is 1. The molecule has 7 heteroatoms. The van der Waals surface area contributed by atoms with Gasteiger partial charge in [-0.25, -0.2) is 8.42 Å². The summed E-state index contributed by atoms with van der Waals surface area (Å²) in [5.74, 6) is -0.152. The van der Waals surface area contributed by atoms with E-state index in [1.54, 1.807) is 38.4 Å². The molecule has 0 unspecified atom stereocenters. The van der Waals surface area contributed by atoms with Crippen LogP contribution in [0.1, 0.15) is 10.4 Å². The molecule has 0 radical (unpaired) electrons. The van der Waals surface area contributed by atoms with E-state index < -0.39 is 10.0 Å². The molecular weight excluding hydrogens is 324 g/mol. The van der Waals surface area contributed by atoms with Crippen LogP contribution in [-0.2, 0) is 10.0 Å². The molecule has 2 rings (SSSR count). The summed E-state index contributed by atoms with van der Waals surface area (Å²) in [4.78, 5) is 13.2. The molecular formula is C15H15ClN2O3S. The molecule has 0 aliphatic rings. The number of carbonyl (C=O) groups excluding carboxylic acids is 1. The van der Waals surface area contributed by atoms with Gasteiger partial charge < -0.3 is 4.90 Å². The molecule has 0 atom stereocenters. The smallest absolute Gasteiger partial charge is 0.263 e. The summed E-state index contributed by atoms with van der Waals surface area (Å²) in [5.41, 5.74) is 0.834. The lowest BCUT2D eigenvalue weighted by molar-refractivity contribution is 0.0827. The van der Waals surface area contributed by atoms with Gasteiger partial charge in [0.25, 0.3) is 15.9 Å². The summed E-state index contributed by atoms with van der Waals surface area (Å²) in [6, 6.07) is 12.4. The predicted octanol–water partition coefficient (Wildman–Crippen LogP) is 2.84. The molecule has 0 saturated heterocycles. The number of nitrogens with zero attached hydrogens (tertiary/aromatic N) is 1. The first kappa shape index (κ1) is 16.3. The fourth-order valence-corrected chi connectivity index (χ4v) is 3.39. The van der Waals surface area contributed by atoms with Crippen LogP contribution < -0.4 is 4.72 Å². The second-order valence-corrected chi connectivity index (χ2v) is 6.87. The molecule has 2 aromatic carbocycles. The van der Waals surface area contributed by atoms with Gasteiger partial charge in [-0.15, -0.1) is 0 Å². The van der Waals surface area contributed by atoms with E-state index in [1.807, 2.05) is 0 Å². The SMILES string of the molecule is CN(C)C(=O)c1ccc(NS(=O)(=O)c2ccccc2Cl)cc1. The van der Waals surface area contributed by atoms with Crippen molar-refractivity contribution in [2.45, 2.75) is 4.90 Å². The number of benzene rings is 2. The second kappa shape index (κ2) is 6.37. The van der Waals surface area contributed by atoms with Crippen molar-refractivity contribution in [3.63, 3.8) is 0 Å². The molecule has 0 heterocycles. The summed E-state index contributed by atoms with van der Waals surface area (Å²) in [6.07, 6.45) is 0. The first-order valence-corrected chi connectivity index (χ1v) is 8.26. The third-order valence-corrected chi connectivity index (χ3v) is 4.80. The maximum atomic E-state index is 12.3. The highest BCUT2D eigenvalue weighted by Crippen LogP contribution is 2.23. The van der Waals surface area contributed by atoms with E-state index in [2.05, 4.69) is 4.72 Å². The molecule has 5 nitrogen and oxygen atoms in total. The first-order valence-electron chi connectivity index (χ1n) is 6.40. The van der Waals surface area contributed by atoms with Crippen LogP contribution in [-0.4, -0.2) is 33.3 Å². The van der Waals surface area contributed by atoms with Gasteiger partial charge in [0.05, 0.1) is 5.02 Å². The van der Waals surface area contributed by atoms with Crippen LogP contribution in [0.5, 0.6) is 0 Å². The molecule has 1 N–H and O–H groups in total. The van der Waals surface area contributed by atoms with Gasteiger partial charge in [0.2, 0.25) is 0 Å². The Hall–Kier alpha value is -2.05. The van der Waals surface area contributed by atoms with Gasteiger partial charge in [-0.3, -0.25) is 9.52 Å². The topological polar surface area (TPSA) is 66.5 Å². The van der Waals surface area contributed by atoms with Crippen LogP contribution >= 0.6 is 11.6 Å². The molecule has 116 valence electrons. The third-order valence-electron chi connectivity index (χ3n) is 2.92. The van der Waals surface area contributed by atoms with E-state index in [1.165, 1.54) is 29.2 Å². The lowest BCUT2D eigenvalue weighted by atomic mass is 10.2. The molecule has 0 saturated carbocycles. The predicted molar refractivity (Wildman–Crippen MR) is 86.7 cm³/mol. The Balaban J connectivity index is 2.24. The van der Waals surface area contributed by atoms with Gasteiger partial charge >= 0.3 is 0 Å². The Kier molecular flexibility index (Phi) is 4.73. The zero-order valence-corrected chi connectivity index (χ0v) is 13.6. The van der Waals surface area contributed by atoms with Crippen molar-refractivity contribution >= 4 is 33.2 Å². The van der Waals surface area contributed by atoms with Crippen molar-refractivity contribution in [3.8, 4) is 0 Å². The zero-order valence-electron chi connectivity index (χ0n) is 12.1. The molecule has 0 bridgehead atoms. The number of halogens is 1. The van der Waals surface area contributed by atoms with Crippen molar-refractivity contribution in [3.05, 3.63) is 59.1 Å². The molecule has 2 aromatic rings. The monoisotopic (exact) mass is 338 g/mol. The van der Waals surface area contributed by atoms with E-state index in [0.29, 0.717) is 11.3 Å². The maximum Gasteiger partial charge on any atom is 0.263 e. The fourth-order valence-electron chi connectivity index (χ4n) is 1.81. The summed E-state index contributed by atoms with van der Waals surface area (Å²) < 4.78 is 27.0. The highest BCUT2D eigenvalue weighted by molar-refractivity contribution is 7.92. The Morgan fingerprint density at radius 1 is 1.05 bits per heavy atom. The van der Waals surface area contributed by atoms with Gasteiger partial charge in [0.1, 0.15) is 4.90 Å². The van der Waals surface area contributed by atoms with Crippen molar-refractivity contribution in [1.82, 2.24) is 4.90 Å². The zero-order chi connectivity index (χ0) is 16.3. The number of amides is 1. The maximum absolute atomic E-state index is 12.3. The van der Waals surface area contributed by atoms with E-state index in [4.69, 9.17) is 11.6 Å². The summed E-state index contributed by atoms with van der Waals surface area (Å²) >= 11 is 5.91. The normalized spacial score (nSPS) is 11.0. The van der Waals surface area contributed by atoms with Crippen LogP contribution in [0.25, 0.3) is 0 Å². The fraction of sp³-hybridized carbons (Fsp3) is 0.133. The molecule has 0 aromatic heterocycles. The Morgan fingerprint density at radius 2 is 1.64 bits per heavy atom. The van der Waals surface area contributed by atoms with Crippen molar-refractivity contribution < 1.29 is 13.2 Å². The minimum atomic E-state index is -3.77. The van der Waals surface area contributed by atoms with E-state index in [0.717, 1.165) is 0 Å². The van der Waals surface area contributed by atoms with Gasteiger partial charge in [0, 0.05) is 25.3 Å². The molecule has 0 aliphatic carbocycles. The standard InChI is InChI=1S/C15H15ClN2O3S/c1-18(2)15(19)11-7-9-12(10-8-11)17-22(20,21)14-6-4-3-5-13(14)16/h3-10,17H,1-2H3. The third kappa shape index (κ3) is 3.58. The number of rotatable bonds is 4. The van der Waals surface area contributed by atoms with Gasteiger partial charge in [-0.05, 0) is 36.4 Å². The quantitative estimate of drug-likeness (QED) is 0.932. The molecule has 1 amide bonds. The molecule has 0 fully saturated rings. The first-order chi connectivity index (χ1) is 10.3. The van der Waals surface area contributed by atoms with E-state index in [-0.39, 0.29) is 15.8 Å². The Morgan fingerprint density at radius 3 is 2.18 bits per heavy atom. The largest absolute Gasteiger partial charge is 0.345 e. The number of sulfonamides is 1. The summed E-state index contributed by atoms with van der Waals surface area (Å²) in [6.45, 7) is 0. The van der Waals surface area contributed by atoms with Crippen molar-refractivity contribution in [2.75, 3.05) is 18.8 Å². The van der Waals surface area contributed by atoms with Crippen LogP contribution in [0.3, 0.4) is 0 Å². The summed E-state index contributed by atoms with van der Waals surface area (Å²) in [5, 5.41) is 0.148. The van der Waals surface area contributed by atoms with Gasteiger partial charge in [-0.1, -0.05) is 23.7 Å². The van der Waals surface area contributed by atoms with Gasteiger partial charge in [-0.2, -0.15) is 0 Å². The van der Waals surface area contributed by atoms with Gasteiger partial charge in [0.15, 0.2) is 0 Å². The van der Waals surface area contributed by atoms with Crippen LogP contribution in [0.4, 0.5) is 5.69 Å². The van der Waals surface area contributed by atoms with Crippen LogP contribution in [0.15, 0.2) is 53.4 Å². The average Bonchev–Trinajstić information content (AvgIpc) is 2.47. The van der Waals surface area contributed by atoms with Crippen LogP contribution in [0.2, 0.25) is 5.02 Å². The number of carbonyl (C=O) groups is 1. The van der Waals surface area contributed by atoms with Crippen molar-refractivity contribution in [1.29, 1.82) is 0 Å². The van der Waals surface area contributed by atoms with Crippen LogP contribution in [0, 0.1) is 0 Å². The number of hydrogen-bond donors (Lipinski definition) is 1. The van der Waals surface area contributed by atoms with E-state index in [9.17, 15) is 13.2 Å². The van der Waals surface area contributed by atoms with E-state index >= 15 is 0 Å². The highest BCUT2D eigenvalue weighted by atomic mass is 35.5. The lowest BCUT2D eigenvalue weighted by Gasteiger charge is -2.12. The molecule has 0 aliphatic heterocycles. The minimum Gasteiger partial charge on any atom is -0.345 e. The Labute approximate surface area is 134 Å².